The largest absolute Gasteiger partial charge is 0.476 e. The van der Waals surface area contributed by atoms with E-state index in [0.717, 1.165) is 17.4 Å². The molecular weight excluding hydrogens is 395 g/mol. The van der Waals surface area contributed by atoms with Gasteiger partial charge in [-0.3, -0.25) is 4.79 Å². The molecule has 6 nitrogen and oxygen atoms in total. The summed E-state index contributed by atoms with van der Waals surface area (Å²) in [5.41, 5.74) is 2.28. The number of thioether (sulfide) groups is 1. The molecule has 0 bridgehead atoms. The predicted octanol–water partition coefficient (Wildman–Crippen LogP) is 4.93. The molecule has 0 unspecified atom stereocenters. The number of aromatic nitrogens is 1. The molecule has 29 heavy (non-hydrogen) atoms. The molecule has 0 saturated heterocycles. The first-order chi connectivity index (χ1) is 13.7. The van der Waals surface area contributed by atoms with E-state index in [1.54, 1.807) is 13.0 Å². The first-order valence-electron chi connectivity index (χ1n) is 9.10. The van der Waals surface area contributed by atoms with E-state index < -0.39 is 23.7 Å². The average Bonchev–Trinajstić information content (AvgIpc) is 2.67. The van der Waals surface area contributed by atoms with Gasteiger partial charge in [-0.25, -0.2) is 9.78 Å². The molecule has 0 saturated carbocycles. The molecule has 3 aromatic rings. The Hall–Kier alpha value is -2.87. The van der Waals surface area contributed by atoms with Gasteiger partial charge in [0.2, 0.25) is 5.95 Å². The van der Waals surface area contributed by atoms with Crippen LogP contribution in [0.2, 0.25) is 0 Å². The first-order valence-corrected chi connectivity index (χ1v) is 10.1. The standard InChI is InChI=1S/C21H21FN2O4S/c1-5-29-21-11(3)18(25)14-9-10(2)8-13(19(14)28-21)12(4)23-15-6-7-16(22)24-17(15)20(26)27/h6-9,12,23H,5H2,1-4H3,(H,26,27)/t12-/m1/s1. The number of pyridine rings is 1. The number of hydrogen-bond acceptors (Lipinski definition) is 6. The molecular formula is C21H21FN2O4S. The summed E-state index contributed by atoms with van der Waals surface area (Å²) in [6, 6.07) is 5.67. The Labute approximate surface area is 171 Å². The highest BCUT2D eigenvalue weighted by Crippen LogP contribution is 2.32. The first kappa shape index (κ1) is 20.9. The molecule has 1 aromatic carbocycles. The van der Waals surface area contributed by atoms with E-state index in [2.05, 4.69) is 10.3 Å². The van der Waals surface area contributed by atoms with Crippen molar-refractivity contribution in [2.75, 3.05) is 11.1 Å². The van der Waals surface area contributed by atoms with Gasteiger partial charge in [-0.1, -0.05) is 24.8 Å². The molecule has 0 aliphatic rings. The van der Waals surface area contributed by atoms with Crippen molar-refractivity contribution in [2.45, 2.75) is 38.8 Å². The molecule has 2 aromatic heterocycles. The summed E-state index contributed by atoms with van der Waals surface area (Å²) in [6.07, 6.45) is 0. The molecule has 3 rings (SSSR count). The molecule has 0 fully saturated rings. The van der Waals surface area contributed by atoms with Crippen LogP contribution in [0.4, 0.5) is 10.1 Å². The minimum Gasteiger partial charge on any atom is -0.476 e. The zero-order valence-electron chi connectivity index (χ0n) is 16.5. The molecule has 8 heteroatoms. The Morgan fingerprint density at radius 3 is 2.72 bits per heavy atom. The van der Waals surface area contributed by atoms with E-state index in [4.69, 9.17) is 4.42 Å². The Morgan fingerprint density at radius 1 is 1.34 bits per heavy atom. The van der Waals surface area contributed by atoms with Crippen LogP contribution < -0.4 is 10.7 Å². The van der Waals surface area contributed by atoms with Crippen molar-refractivity contribution in [3.63, 3.8) is 0 Å². The van der Waals surface area contributed by atoms with Crippen molar-refractivity contribution in [3.05, 3.63) is 62.8 Å². The number of benzene rings is 1. The van der Waals surface area contributed by atoms with Gasteiger partial charge < -0.3 is 14.8 Å². The number of aryl methyl sites for hydroxylation is 1. The second-order valence-electron chi connectivity index (χ2n) is 6.71. The number of carboxylic acid groups (broad SMARTS) is 1. The molecule has 1 atom stereocenters. The van der Waals surface area contributed by atoms with Crippen LogP contribution in [0.1, 0.15) is 47.1 Å². The molecule has 0 radical (unpaired) electrons. The van der Waals surface area contributed by atoms with Gasteiger partial charge in [0.25, 0.3) is 0 Å². The lowest BCUT2D eigenvalue weighted by Gasteiger charge is -2.19. The maximum absolute atomic E-state index is 13.4. The lowest BCUT2D eigenvalue weighted by atomic mass is 10.0. The molecule has 152 valence electrons. The van der Waals surface area contributed by atoms with Crippen molar-refractivity contribution < 1.29 is 18.7 Å². The number of fused-ring (bicyclic) bond motifs is 1. The van der Waals surface area contributed by atoms with Crippen molar-refractivity contribution in [1.82, 2.24) is 4.98 Å². The maximum atomic E-state index is 13.4. The van der Waals surface area contributed by atoms with Crippen LogP contribution in [-0.2, 0) is 0 Å². The zero-order valence-corrected chi connectivity index (χ0v) is 17.3. The maximum Gasteiger partial charge on any atom is 0.356 e. The normalized spacial score (nSPS) is 12.2. The highest BCUT2D eigenvalue weighted by atomic mass is 32.2. The number of rotatable bonds is 6. The van der Waals surface area contributed by atoms with Crippen molar-refractivity contribution in [3.8, 4) is 0 Å². The van der Waals surface area contributed by atoms with Crippen LogP contribution in [0.3, 0.4) is 0 Å². The van der Waals surface area contributed by atoms with Crippen LogP contribution in [0.5, 0.6) is 0 Å². The lowest BCUT2D eigenvalue weighted by Crippen LogP contribution is -2.15. The number of anilines is 1. The molecule has 0 aliphatic carbocycles. The quantitative estimate of drug-likeness (QED) is 0.435. The third kappa shape index (κ3) is 4.12. The van der Waals surface area contributed by atoms with Gasteiger partial charge in [0.05, 0.1) is 17.1 Å². The summed E-state index contributed by atoms with van der Waals surface area (Å²) in [5.74, 6) is -1.45. The Kier molecular flexibility index (Phi) is 5.93. The second-order valence-corrected chi connectivity index (χ2v) is 7.95. The van der Waals surface area contributed by atoms with Crippen molar-refractivity contribution in [1.29, 1.82) is 0 Å². The Balaban J connectivity index is 2.14. The molecule has 2 heterocycles. The van der Waals surface area contributed by atoms with Gasteiger partial charge in [0.15, 0.2) is 16.2 Å². The average molecular weight is 416 g/mol. The minimum absolute atomic E-state index is 0.0889. The Bertz CT molecular complexity index is 1160. The smallest absolute Gasteiger partial charge is 0.356 e. The van der Waals surface area contributed by atoms with Crippen LogP contribution >= 0.6 is 11.8 Å². The van der Waals surface area contributed by atoms with Crippen LogP contribution in [0.25, 0.3) is 11.0 Å². The highest BCUT2D eigenvalue weighted by Gasteiger charge is 2.20. The number of aromatic carboxylic acids is 1. The fourth-order valence-corrected chi connectivity index (χ4v) is 3.88. The zero-order chi connectivity index (χ0) is 21.3. The van der Waals surface area contributed by atoms with Gasteiger partial charge in [0.1, 0.15) is 5.58 Å². The molecule has 2 N–H and O–H groups in total. The number of halogens is 1. The minimum atomic E-state index is -1.34. The summed E-state index contributed by atoms with van der Waals surface area (Å²) in [6.45, 7) is 7.41. The number of carbonyl (C=O) groups is 1. The van der Waals surface area contributed by atoms with E-state index in [9.17, 15) is 19.1 Å². The molecule has 0 amide bonds. The predicted molar refractivity (Wildman–Crippen MR) is 112 cm³/mol. The van der Waals surface area contributed by atoms with Crippen LogP contribution in [0.15, 0.2) is 38.6 Å². The van der Waals surface area contributed by atoms with Gasteiger partial charge in [-0.05, 0) is 50.3 Å². The van der Waals surface area contributed by atoms with E-state index >= 15 is 0 Å². The molecule has 0 spiro atoms. The third-order valence-corrected chi connectivity index (χ3v) is 5.47. The summed E-state index contributed by atoms with van der Waals surface area (Å²) in [7, 11) is 0. The number of hydrogen-bond donors (Lipinski definition) is 2. The number of carboxylic acids is 1. The second kappa shape index (κ2) is 8.24. The lowest BCUT2D eigenvalue weighted by molar-refractivity contribution is 0.0690. The summed E-state index contributed by atoms with van der Waals surface area (Å²) < 4.78 is 19.5. The fourth-order valence-electron chi connectivity index (χ4n) is 3.16. The third-order valence-electron chi connectivity index (χ3n) is 4.53. The Morgan fingerprint density at radius 2 is 2.07 bits per heavy atom. The summed E-state index contributed by atoms with van der Waals surface area (Å²) >= 11 is 1.45. The molecule has 0 aliphatic heterocycles. The van der Waals surface area contributed by atoms with Gasteiger partial charge >= 0.3 is 5.97 Å². The van der Waals surface area contributed by atoms with E-state index in [1.165, 1.54) is 17.8 Å². The topological polar surface area (TPSA) is 92.4 Å². The SMILES string of the molecule is CCSc1oc2c([C@@H](C)Nc3ccc(F)nc3C(=O)O)cc(C)cc2c(=O)c1C. The van der Waals surface area contributed by atoms with Gasteiger partial charge in [0, 0.05) is 11.1 Å². The highest BCUT2D eigenvalue weighted by molar-refractivity contribution is 7.99. The summed E-state index contributed by atoms with van der Waals surface area (Å²) in [4.78, 5) is 27.8. The fraction of sp³-hybridized carbons (Fsp3) is 0.286. The van der Waals surface area contributed by atoms with E-state index in [0.29, 0.717) is 27.2 Å². The van der Waals surface area contributed by atoms with Crippen LogP contribution in [0, 0.1) is 19.8 Å². The monoisotopic (exact) mass is 416 g/mol. The van der Waals surface area contributed by atoms with Crippen molar-refractivity contribution in [2.24, 2.45) is 0 Å². The van der Waals surface area contributed by atoms with Crippen molar-refractivity contribution >= 4 is 34.4 Å². The van der Waals surface area contributed by atoms with E-state index in [-0.39, 0.29) is 11.1 Å². The van der Waals surface area contributed by atoms with Gasteiger partial charge in [-0.2, -0.15) is 4.39 Å². The van der Waals surface area contributed by atoms with Crippen LogP contribution in [-0.4, -0.2) is 21.8 Å². The van der Waals surface area contributed by atoms with E-state index in [1.807, 2.05) is 26.8 Å². The number of nitrogens with one attached hydrogen (secondary N) is 1. The van der Waals surface area contributed by atoms with Gasteiger partial charge in [-0.15, -0.1) is 0 Å². The number of nitrogens with zero attached hydrogens (tertiary/aromatic N) is 1. The summed E-state index contributed by atoms with van der Waals surface area (Å²) in [5, 5.41) is 13.4.